The standard InChI is InChI=1S/C23H22N4O4S/c1-15-6-4-5-7-22(15)32(28,29)27-17-10-8-16(9-11-17)26-23-18-12-20(30-2)21(31-3)13-19(18)24-14-25-23/h4-14,27H,1-3H3,(H,24,25,26). The van der Waals surface area contributed by atoms with Crippen LogP contribution in [0.3, 0.4) is 0 Å². The zero-order chi connectivity index (χ0) is 22.7. The molecule has 2 N–H and O–H groups in total. The summed E-state index contributed by atoms with van der Waals surface area (Å²) in [6.45, 7) is 1.76. The number of anilines is 3. The van der Waals surface area contributed by atoms with Gasteiger partial charge in [-0.25, -0.2) is 18.4 Å². The van der Waals surface area contributed by atoms with Gasteiger partial charge in [0, 0.05) is 22.8 Å². The van der Waals surface area contributed by atoms with E-state index in [4.69, 9.17) is 9.47 Å². The summed E-state index contributed by atoms with van der Waals surface area (Å²) in [5, 5.41) is 4.00. The Labute approximate surface area is 186 Å². The second-order valence-corrected chi connectivity index (χ2v) is 8.67. The first-order valence-electron chi connectivity index (χ1n) is 9.73. The van der Waals surface area contributed by atoms with Crippen LogP contribution in [0.15, 0.2) is 71.9 Å². The number of hydrogen-bond acceptors (Lipinski definition) is 7. The van der Waals surface area contributed by atoms with Crippen molar-refractivity contribution in [1.82, 2.24) is 9.97 Å². The Hall–Kier alpha value is -3.85. The largest absolute Gasteiger partial charge is 0.493 e. The number of methoxy groups -OCH3 is 2. The Bertz CT molecular complexity index is 1370. The number of aryl methyl sites for hydroxylation is 1. The number of rotatable bonds is 7. The SMILES string of the molecule is COc1cc2ncnc(Nc3ccc(NS(=O)(=O)c4ccccc4C)cc3)c2cc1OC. The molecule has 0 aliphatic rings. The van der Waals surface area contributed by atoms with E-state index >= 15 is 0 Å². The van der Waals surface area contributed by atoms with E-state index in [-0.39, 0.29) is 4.90 Å². The van der Waals surface area contributed by atoms with Gasteiger partial charge in [-0.1, -0.05) is 18.2 Å². The van der Waals surface area contributed by atoms with Gasteiger partial charge in [0.15, 0.2) is 11.5 Å². The molecule has 9 heteroatoms. The third-order valence-electron chi connectivity index (χ3n) is 4.92. The molecule has 32 heavy (non-hydrogen) atoms. The maximum atomic E-state index is 12.7. The maximum Gasteiger partial charge on any atom is 0.262 e. The molecule has 4 rings (SSSR count). The van der Waals surface area contributed by atoms with Gasteiger partial charge in [-0.05, 0) is 48.9 Å². The van der Waals surface area contributed by atoms with Gasteiger partial charge in [0.1, 0.15) is 12.1 Å². The van der Waals surface area contributed by atoms with Crippen molar-refractivity contribution < 1.29 is 17.9 Å². The van der Waals surface area contributed by atoms with Crippen LogP contribution >= 0.6 is 0 Å². The quantitative estimate of drug-likeness (QED) is 0.427. The molecule has 1 aromatic heterocycles. The van der Waals surface area contributed by atoms with E-state index in [0.29, 0.717) is 34.1 Å². The van der Waals surface area contributed by atoms with Crippen molar-refractivity contribution in [2.75, 3.05) is 24.3 Å². The summed E-state index contributed by atoms with van der Waals surface area (Å²) in [6.07, 6.45) is 1.46. The van der Waals surface area contributed by atoms with Crippen LogP contribution in [0.1, 0.15) is 5.56 Å². The van der Waals surface area contributed by atoms with Crippen LogP contribution in [0, 0.1) is 6.92 Å². The molecular weight excluding hydrogens is 428 g/mol. The number of sulfonamides is 1. The minimum atomic E-state index is -3.68. The number of hydrogen-bond donors (Lipinski definition) is 2. The van der Waals surface area contributed by atoms with E-state index in [1.165, 1.54) is 6.33 Å². The summed E-state index contributed by atoms with van der Waals surface area (Å²) in [5.41, 5.74) is 2.57. The number of nitrogens with one attached hydrogen (secondary N) is 2. The Morgan fingerprint density at radius 3 is 2.19 bits per heavy atom. The molecule has 1 heterocycles. The van der Waals surface area contributed by atoms with Gasteiger partial charge in [0.25, 0.3) is 10.0 Å². The van der Waals surface area contributed by atoms with Crippen LogP contribution in [0.2, 0.25) is 0 Å². The summed E-state index contributed by atoms with van der Waals surface area (Å²) < 4.78 is 38.7. The van der Waals surface area contributed by atoms with E-state index in [9.17, 15) is 8.42 Å². The minimum Gasteiger partial charge on any atom is -0.493 e. The van der Waals surface area contributed by atoms with Crippen LogP contribution in [-0.4, -0.2) is 32.6 Å². The smallest absolute Gasteiger partial charge is 0.262 e. The molecule has 0 saturated heterocycles. The van der Waals surface area contributed by atoms with Crippen molar-refractivity contribution in [3.05, 3.63) is 72.6 Å². The van der Waals surface area contributed by atoms with Crippen molar-refractivity contribution in [3.8, 4) is 11.5 Å². The van der Waals surface area contributed by atoms with Gasteiger partial charge in [-0.3, -0.25) is 4.72 Å². The molecule has 0 spiro atoms. The van der Waals surface area contributed by atoms with Gasteiger partial charge < -0.3 is 14.8 Å². The second-order valence-electron chi connectivity index (χ2n) is 7.02. The lowest BCUT2D eigenvalue weighted by Gasteiger charge is -2.13. The van der Waals surface area contributed by atoms with E-state index in [0.717, 1.165) is 11.1 Å². The van der Waals surface area contributed by atoms with Crippen LogP contribution < -0.4 is 19.5 Å². The number of aromatic nitrogens is 2. The lowest BCUT2D eigenvalue weighted by Crippen LogP contribution is -2.14. The molecule has 3 aromatic carbocycles. The zero-order valence-electron chi connectivity index (χ0n) is 17.8. The van der Waals surface area contributed by atoms with Gasteiger partial charge in [-0.2, -0.15) is 0 Å². The molecule has 0 bridgehead atoms. The molecule has 0 fully saturated rings. The molecule has 0 amide bonds. The number of fused-ring (bicyclic) bond motifs is 1. The summed E-state index contributed by atoms with van der Waals surface area (Å²) in [6, 6.07) is 17.3. The zero-order valence-corrected chi connectivity index (χ0v) is 18.6. The normalized spacial score (nSPS) is 11.2. The fourth-order valence-electron chi connectivity index (χ4n) is 3.31. The highest BCUT2D eigenvalue weighted by Crippen LogP contribution is 2.34. The number of nitrogens with zero attached hydrogens (tertiary/aromatic N) is 2. The molecule has 0 atom stereocenters. The highest BCUT2D eigenvalue weighted by atomic mass is 32.2. The van der Waals surface area contributed by atoms with Gasteiger partial charge >= 0.3 is 0 Å². The molecule has 4 aromatic rings. The Morgan fingerprint density at radius 2 is 1.50 bits per heavy atom. The van der Waals surface area contributed by atoms with Crippen molar-refractivity contribution in [2.24, 2.45) is 0 Å². The molecule has 0 unspecified atom stereocenters. The minimum absolute atomic E-state index is 0.249. The molecule has 0 aliphatic heterocycles. The van der Waals surface area contributed by atoms with Crippen LogP contribution in [0.4, 0.5) is 17.2 Å². The molecule has 0 aliphatic carbocycles. The van der Waals surface area contributed by atoms with Crippen molar-refractivity contribution in [3.63, 3.8) is 0 Å². The lowest BCUT2D eigenvalue weighted by atomic mass is 10.2. The van der Waals surface area contributed by atoms with E-state index in [1.54, 1.807) is 81.8 Å². The van der Waals surface area contributed by atoms with Gasteiger partial charge in [-0.15, -0.1) is 0 Å². The first-order chi connectivity index (χ1) is 15.4. The summed E-state index contributed by atoms with van der Waals surface area (Å²) in [7, 11) is -0.541. The van der Waals surface area contributed by atoms with Crippen molar-refractivity contribution in [2.45, 2.75) is 11.8 Å². The first-order valence-corrected chi connectivity index (χ1v) is 11.2. The topological polar surface area (TPSA) is 102 Å². The third kappa shape index (κ3) is 4.28. The molecule has 0 saturated carbocycles. The summed E-state index contributed by atoms with van der Waals surface area (Å²) >= 11 is 0. The third-order valence-corrected chi connectivity index (χ3v) is 6.47. The monoisotopic (exact) mass is 450 g/mol. The Morgan fingerprint density at radius 1 is 0.844 bits per heavy atom. The van der Waals surface area contributed by atoms with E-state index in [1.807, 2.05) is 0 Å². The van der Waals surface area contributed by atoms with Crippen molar-refractivity contribution in [1.29, 1.82) is 0 Å². The average Bonchev–Trinajstić information content (AvgIpc) is 2.79. The van der Waals surface area contributed by atoms with Crippen molar-refractivity contribution >= 4 is 38.1 Å². The molecule has 0 radical (unpaired) electrons. The summed E-state index contributed by atoms with van der Waals surface area (Å²) in [5.74, 6) is 1.73. The maximum absolute atomic E-state index is 12.7. The second kappa shape index (κ2) is 8.72. The van der Waals surface area contributed by atoms with E-state index in [2.05, 4.69) is 20.0 Å². The molecular formula is C23H22N4O4S. The van der Waals surface area contributed by atoms with E-state index < -0.39 is 10.0 Å². The molecule has 164 valence electrons. The number of ether oxygens (including phenoxy) is 2. The van der Waals surface area contributed by atoms with Gasteiger partial charge in [0.2, 0.25) is 0 Å². The summed E-state index contributed by atoms with van der Waals surface area (Å²) in [4.78, 5) is 8.88. The fourth-order valence-corrected chi connectivity index (χ4v) is 4.62. The Balaban J connectivity index is 1.58. The first kappa shape index (κ1) is 21.4. The fraction of sp³-hybridized carbons (Fsp3) is 0.130. The predicted octanol–water partition coefficient (Wildman–Crippen LogP) is 4.50. The number of benzene rings is 3. The van der Waals surface area contributed by atoms with Crippen LogP contribution in [0.5, 0.6) is 11.5 Å². The predicted molar refractivity (Wildman–Crippen MR) is 124 cm³/mol. The lowest BCUT2D eigenvalue weighted by molar-refractivity contribution is 0.356. The average molecular weight is 451 g/mol. The van der Waals surface area contributed by atoms with Gasteiger partial charge in [0.05, 0.1) is 24.6 Å². The Kier molecular flexibility index (Phi) is 5.83. The van der Waals surface area contributed by atoms with Crippen LogP contribution in [0.25, 0.3) is 10.9 Å². The highest BCUT2D eigenvalue weighted by Gasteiger charge is 2.16. The molecule has 8 nitrogen and oxygen atoms in total. The highest BCUT2D eigenvalue weighted by molar-refractivity contribution is 7.92. The van der Waals surface area contributed by atoms with Crippen LogP contribution in [-0.2, 0) is 10.0 Å².